The highest BCUT2D eigenvalue weighted by atomic mass is 35.5. The van der Waals surface area contributed by atoms with Crippen LogP contribution >= 0.6 is 35.1 Å². The highest BCUT2D eigenvalue weighted by molar-refractivity contribution is 8.14. The maximum Gasteiger partial charge on any atom is 0.288 e. The molecule has 12 heteroatoms. The molecule has 1 aliphatic rings. The van der Waals surface area contributed by atoms with E-state index >= 15 is 0 Å². The molecule has 166 valence electrons. The van der Waals surface area contributed by atoms with Crippen LogP contribution in [0.15, 0.2) is 51.0 Å². The zero-order valence-corrected chi connectivity index (χ0v) is 19.0. The highest BCUT2D eigenvalue weighted by Crippen LogP contribution is 2.21. The third-order valence-corrected chi connectivity index (χ3v) is 6.68. The Balaban J connectivity index is 1.47. The Morgan fingerprint density at radius 2 is 2.12 bits per heavy atom. The number of imide groups is 1. The van der Waals surface area contributed by atoms with E-state index in [1.807, 2.05) is 0 Å². The molecule has 0 unspecified atom stereocenters. The number of halogens is 1. The van der Waals surface area contributed by atoms with E-state index in [4.69, 9.17) is 16.0 Å². The zero-order valence-electron chi connectivity index (χ0n) is 16.6. The molecule has 1 saturated heterocycles. The van der Waals surface area contributed by atoms with Crippen LogP contribution in [0.2, 0.25) is 5.02 Å². The molecular formula is C20H17ClN4O5S2. The fraction of sp³-hybridized carbons (Fsp3) is 0.250. The summed E-state index contributed by atoms with van der Waals surface area (Å²) in [6, 6.07) is 8.31. The van der Waals surface area contributed by atoms with Crippen molar-refractivity contribution in [2.24, 2.45) is 0 Å². The van der Waals surface area contributed by atoms with Crippen molar-refractivity contribution >= 4 is 63.1 Å². The number of hydrogen-bond donors (Lipinski definition) is 1. The van der Waals surface area contributed by atoms with Crippen LogP contribution in [0.3, 0.4) is 0 Å². The molecule has 1 N–H and O–H groups in total. The van der Waals surface area contributed by atoms with Crippen molar-refractivity contribution in [2.75, 3.05) is 24.6 Å². The maximum atomic E-state index is 13.1. The Labute approximate surface area is 195 Å². The molecule has 0 aliphatic carbocycles. The first-order valence-electron chi connectivity index (χ1n) is 9.51. The SMILES string of the molecule is O=C(CSc1nc2cc(Cl)ccc2c(=O)n1Cc1ccco1)NCCN1C(=O)CSC1=O. The number of thioether (sulfide) groups is 2. The van der Waals surface area contributed by atoms with Gasteiger partial charge in [-0.25, -0.2) is 4.98 Å². The van der Waals surface area contributed by atoms with Gasteiger partial charge in [-0.2, -0.15) is 0 Å². The lowest BCUT2D eigenvalue weighted by molar-refractivity contribution is -0.125. The van der Waals surface area contributed by atoms with Gasteiger partial charge in [0.25, 0.3) is 10.8 Å². The van der Waals surface area contributed by atoms with Gasteiger partial charge in [0, 0.05) is 18.1 Å². The van der Waals surface area contributed by atoms with Crippen LogP contribution in [0, 0.1) is 0 Å². The third kappa shape index (κ3) is 5.00. The summed E-state index contributed by atoms with van der Waals surface area (Å²) >= 11 is 8.10. The average Bonchev–Trinajstić information content (AvgIpc) is 3.39. The smallest absolute Gasteiger partial charge is 0.288 e. The lowest BCUT2D eigenvalue weighted by Crippen LogP contribution is -2.38. The lowest BCUT2D eigenvalue weighted by atomic mass is 10.2. The number of carbonyl (C=O) groups is 3. The molecule has 4 rings (SSSR count). The molecule has 1 fully saturated rings. The van der Waals surface area contributed by atoms with Crippen LogP contribution < -0.4 is 10.9 Å². The molecule has 0 saturated carbocycles. The molecule has 0 bridgehead atoms. The number of benzene rings is 1. The van der Waals surface area contributed by atoms with Crippen LogP contribution in [0.5, 0.6) is 0 Å². The standard InChI is InChI=1S/C20H17ClN4O5S2/c21-12-3-4-14-15(8-12)23-19(25(18(14)28)9-13-2-1-7-30-13)31-10-16(26)22-5-6-24-17(27)11-32-20(24)29/h1-4,7-8H,5-6,9-11H2,(H,22,26). The van der Waals surface area contributed by atoms with Gasteiger partial charge >= 0.3 is 0 Å². The second-order valence-corrected chi connectivity index (χ2v) is 9.07. The highest BCUT2D eigenvalue weighted by Gasteiger charge is 2.29. The molecule has 1 aliphatic heterocycles. The molecule has 0 spiro atoms. The number of furan rings is 1. The normalized spacial score (nSPS) is 13.8. The van der Waals surface area contributed by atoms with E-state index in [1.165, 1.54) is 10.8 Å². The fourth-order valence-corrected chi connectivity index (χ4v) is 4.81. The van der Waals surface area contributed by atoms with E-state index in [9.17, 15) is 19.2 Å². The van der Waals surface area contributed by atoms with Gasteiger partial charge < -0.3 is 9.73 Å². The lowest BCUT2D eigenvalue weighted by Gasteiger charge is -2.14. The van der Waals surface area contributed by atoms with Gasteiger partial charge in [0.15, 0.2) is 5.16 Å². The Kier molecular flexibility index (Phi) is 6.87. The molecule has 0 atom stereocenters. The van der Waals surface area contributed by atoms with Crippen molar-refractivity contribution < 1.29 is 18.8 Å². The average molecular weight is 493 g/mol. The Hall–Kier alpha value is -2.76. The minimum absolute atomic E-state index is 0.00664. The van der Waals surface area contributed by atoms with Crippen molar-refractivity contribution in [3.8, 4) is 0 Å². The molecule has 9 nitrogen and oxygen atoms in total. The van der Waals surface area contributed by atoms with Crippen molar-refractivity contribution in [2.45, 2.75) is 11.7 Å². The summed E-state index contributed by atoms with van der Waals surface area (Å²) in [6.45, 7) is 0.437. The van der Waals surface area contributed by atoms with E-state index in [1.54, 1.807) is 30.3 Å². The monoisotopic (exact) mass is 492 g/mol. The summed E-state index contributed by atoms with van der Waals surface area (Å²) in [7, 11) is 0. The molecule has 1 aromatic carbocycles. The fourth-order valence-electron chi connectivity index (χ4n) is 3.07. The van der Waals surface area contributed by atoms with Gasteiger partial charge in [0.05, 0.1) is 35.2 Å². The predicted molar refractivity (Wildman–Crippen MR) is 122 cm³/mol. The number of nitrogens with one attached hydrogen (secondary N) is 1. The Morgan fingerprint density at radius 3 is 2.84 bits per heavy atom. The van der Waals surface area contributed by atoms with Gasteiger partial charge in [0.2, 0.25) is 11.8 Å². The number of hydrogen-bond acceptors (Lipinski definition) is 8. The van der Waals surface area contributed by atoms with Crippen molar-refractivity contribution in [3.63, 3.8) is 0 Å². The zero-order chi connectivity index (χ0) is 22.7. The molecular weight excluding hydrogens is 476 g/mol. The van der Waals surface area contributed by atoms with E-state index in [2.05, 4.69) is 10.3 Å². The minimum Gasteiger partial charge on any atom is -0.467 e. The second kappa shape index (κ2) is 9.80. The number of nitrogens with zero attached hydrogens (tertiary/aromatic N) is 3. The molecule has 3 heterocycles. The van der Waals surface area contributed by atoms with Gasteiger partial charge in [-0.15, -0.1) is 0 Å². The van der Waals surface area contributed by atoms with Crippen LogP contribution in [0.25, 0.3) is 10.9 Å². The minimum atomic E-state index is -0.313. The van der Waals surface area contributed by atoms with Gasteiger partial charge in [-0.05, 0) is 30.3 Å². The largest absolute Gasteiger partial charge is 0.467 e. The first-order valence-corrected chi connectivity index (χ1v) is 11.9. The third-order valence-electron chi connectivity index (χ3n) is 4.61. The summed E-state index contributed by atoms with van der Waals surface area (Å²) in [6.07, 6.45) is 1.52. The quantitative estimate of drug-likeness (QED) is 0.377. The summed E-state index contributed by atoms with van der Waals surface area (Å²) < 4.78 is 6.82. The van der Waals surface area contributed by atoms with Crippen LogP contribution in [-0.4, -0.2) is 56.1 Å². The van der Waals surface area contributed by atoms with Crippen LogP contribution in [-0.2, 0) is 16.1 Å². The summed E-state index contributed by atoms with van der Waals surface area (Å²) in [5.41, 5.74) is 0.166. The van der Waals surface area contributed by atoms with Crippen molar-refractivity contribution in [1.82, 2.24) is 19.8 Å². The van der Waals surface area contributed by atoms with Crippen LogP contribution in [0.1, 0.15) is 5.76 Å². The van der Waals surface area contributed by atoms with E-state index in [0.717, 1.165) is 28.4 Å². The van der Waals surface area contributed by atoms with E-state index in [0.29, 0.717) is 26.8 Å². The Morgan fingerprint density at radius 1 is 1.28 bits per heavy atom. The number of fused-ring (bicyclic) bond motifs is 1. The maximum absolute atomic E-state index is 13.1. The number of aromatic nitrogens is 2. The number of carbonyl (C=O) groups excluding carboxylic acids is 3. The number of rotatable bonds is 8. The van der Waals surface area contributed by atoms with Crippen molar-refractivity contribution in [1.29, 1.82) is 0 Å². The van der Waals surface area contributed by atoms with Gasteiger partial charge in [0.1, 0.15) is 5.76 Å². The molecule has 0 radical (unpaired) electrons. The molecule has 3 aromatic rings. The first kappa shape index (κ1) is 22.4. The topological polar surface area (TPSA) is 115 Å². The summed E-state index contributed by atoms with van der Waals surface area (Å²) in [4.78, 5) is 54.2. The van der Waals surface area contributed by atoms with Gasteiger partial charge in [-0.3, -0.25) is 28.6 Å². The van der Waals surface area contributed by atoms with Gasteiger partial charge in [-0.1, -0.05) is 35.1 Å². The van der Waals surface area contributed by atoms with E-state index < -0.39 is 0 Å². The van der Waals surface area contributed by atoms with E-state index in [-0.39, 0.29) is 53.8 Å². The molecule has 32 heavy (non-hydrogen) atoms. The summed E-state index contributed by atoms with van der Waals surface area (Å²) in [5, 5.41) is 3.58. The first-order chi connectivity index (χ1) is 15.4. The number of amides is 3. The van der Waals surface area contributed by atoms with Crippen LogP contribution in [0.4, 0.5) is 4.79 Å². The molecule has 3 amide bonds. The van der Waals surface area contributed by atoms with Crippen molar-refractivity contribution in [3.05, 3.63) is 57.7 Å². The Bertz CT molecular complexity index is 1230. The predicted octanol–water partition coefficient (Wildman–Crippen LogP) is 2.59. The summed E-state index contributed by atoms with van der Waals surface area (Å²) in [5.74, 6) is 0.128. The second-order valence-electron chi connectivity index (χ2n) is 6.77. The molecule has 2 aromatic heterocycles.